The fourth-order valence-corrected chi connectivity index (χ4v) is 4.35. The number of aryl methyl sites for hydroxylation is 2. The van der Waals surface area contributed by atoms with E-state index in [2.05, 4.69) is 10.4 Å². The Morgan fingerprint density at radius 2 is 1.81 bits per heavy atom. The van der Waals surface area contributed by atoms with Gasteiger partial charge in [0.1, 0.15) is 11.6 Å². The molecule has 26 heavy (non-hydrogen) atoms. The van der Waals surface area contributed by atoms with Crippen LogP contribution < -0.4 is 5.32 Å². The molecular formula is C20H18FN3OS. The second kappa shape index (κ2) is 6.61. The van der Waals surface area contributed by atoms with Crippen molar-refractivity contribution in [3.8, 4) is 5.69 Å². The Bertz CT molecular complexity index is 964. The molecule has 1 unspecified atom stereocenters. The van der Waals surface area contributed by atoms with E-state index in [0.29, 0.717) is 11.6 Å². The van der Waals surface area contributed by atoms with Crippen LogP contribution in [0.3, 0.4) is 0 Å². The highest BCUT2D eigenvalue weighted by atomic mass is 32.2. The Kier molecular flexibility index (Phi) is 4.28. The summed E-state index contributed by atoms with van der Waals surface area (Å²) in [5.74, 6) is 0.697. The number of benzene rings is 2. The molecule has 4 nitrogen and oxygen atoms in total. The van der Waals surface area contributed by atoms with Gasteiger partial charge in [-0.15, -0.1) is 11.8 Å². The molecule has 0 saturated heterocycles. The number of anilines is 1. The summed E-state index contributed by atoms with van der Waals surface area (Å²) >= 11 is 1.53. The number of halogens is 1. The SMILES string of the molecule is Cc1ccc(-n2nc(C)c3c2NC(=O)CSC3c2ccc(F)cc2)cc1. The van der Waals surface area contributed by atoms with Gasteiger partial charge >= 0.3 is 0 Å². The number of hydrogen-bond acceptors (Lipinski definition) is 3. The first-order valence-corrected chi connectivity index (χ1v) is 9.41. The van der Waals surface area contributed by atoms with Crippen LogP contribution in [-0.4, -0.2) is 21.4 Å². The maximum absolute atomic E-state index is 13.3. The van der Waals surface area contributed by atoms with E-state index in [1.54, 1.807) is 16.8 Å². The molecule has 2 heterocycles. The lowest BCUT2D eigenvalue weighted by Gasteiger charge is -2.15. The van der Waals surface area contributed by atoms with Crippen LogP contribution in [0.25, 0.3) is 5.69 Å². The Morgan fingerprint density at radius 1 is 1.12 bits per heavy atom. The largest absolute Gasteiger partial charge is 0.310 e. The summed E-state index contributed by atoms with van der Waals surface area (Å²) in [6.45, 7) is 3.97. The summed E-state index contributed by atoms with van der Waals surface area (Å²) in [6, 6.07) is 14.5. The van der Waals surface area contributed by atoms with E-state index in [0.717, 1.165) is 28.1 Å². The summed E-state index contributed by atoms with van der Waals surface area (Å²) in [7, 11) is 0. The van der Waals surface area contributed by atoms with Gasteiger partial charge in [0.2, 0.25) is 5.91 Å². The van der Waals surface area contributed by atoms with Crippen molar-refractivity contribution in [1.29, 1.82) is 0 Å². The molecule has 1 aromatic heterocycles. The van der Waals surface area contributed by atoms with E-state index >= 15 is 0 Å². The summed E-state index contributed by atoms with van der Waals surface area (Å²) < 4.78 is 15.1. The monoisotopic (exact) mass is 367 g/mol. The lowest BCUT2D eigenvalue weighted by molar-refractivity contribution is -0.113. The topological polar surface area (TPSA) is 46.9 Å². The number of carbonyl (C=O) groups excluding carboxylic acids is 1. The van der Waals surface area contributed by atoms with Crippen molar-refractivity contribution in [1.82, 2.24) is 9.78 Å². The normalized spacial score (nSPS) is 16.7. The van der Waals surface area contributed by atoms with E-state index in [4.69, 9.17) is 0 Å². The van der Waals surface area contributed by atoms with Gasteiger partial charge in [-0.1, -0.05) is 29.8 Å². The molecule has 1 aliphatic heterocycles. The van der Waals surface area contributed by atoms with Crippen LogP contribution in [0.5, 0.6) is 0 Å². The average Bonchev–Trinajstić information content (AvgIpc) is 2.83. The molecule has 2 aromatic carbocycles. The molecule has 0 fully saturated rings. The molecule has 0 radical (unpaired) electrons. The predicted octanol–water partition coefficient (Wildman–Crippen LogP) is 4.40. The number of amides is 1. The van der Waals surface area contributed by atoms with Crippen molar-refractivity contribution < 1.29 is 9.18 Å². The van der Waals surface area contributed by atoms with Crippen LogP contribution >= 0.6 is 11.8 Å². The van der Waals surface area contributed by atoms with Gasteiger partial charge in [0, 0.05) is 5.56 Å². The van der Waals surface area contributed by atoms with Crippen LogP contribution in [0.1, 0.15) is 27.6 Å². The lowest BCUT2D eigenvalue weighted by atomic mass is 10.0. The van der Waals surface area contributed by atoms with Crippen molar-refractivity contribution >= 4 is 23.5 Å². The van der Waals surface area contributed by atoms with E-state index in [9.17, 15) is 9.18 Å². The van der Waals surface area contributed by atoms with Crippen LogP contribution in [0.4, 0.5) is 10.2 Å². The maximum atomic E-state index is 13.3. The Labute approximate surface area is 155 Å². The van der Waals surface area contributed by atoms with Gasteiger partial charge in [-0.05, 0) is 43.7 Å². The van der Waals surface area contributed by atoms with Crippen molar-refractivity contribution in [3.05, 3.63) is 76.7 Å². The summed E-state index contributed by atoms with van der Waals surface area (Å²) in [5, 5.41) is 7.60. The van der Waals surface area contributed by atoms with Gasteiger partial charge in [0.05, 0.1) is 22.4 Å². The van der Waals surface area contributed by atoms with E-state index in [1.165, 1.54) is 23.9 Å². The third-order valence-corrected chi connectivity index (χ3v) is 5.73. The minimum absolute atomic E-state index is 0.0610. The van der Waals surface area contributed by atoms with Crippen molar-refractivity contribution in [2.45, 2.75) is 19.1 Å². The second-order valence-corrected chi connectivity index (χ2v) is 7.48. The quantitative estimate of drug-likeness (QED) is 0.730. The van der Waals surface area contributed by atoms with Crippen molar-refractivity contribution in [2.24, 2.45) is 0 Å². The van der Waals surface area contributed by atoms with Crippen LogP contribution in [0.2, 0.25) is 0 Å². The van der Waals surface area contributed by atoms with Gasteiger partial charge in [-0.2, -0.15) is 5.10 Å². The van der Waals surface area contributed by atoms with Crippen molar-refractivity contribution in [2.75, 3.05) is 11.1 Å². The molecule has 1 aliphatic rings. The maximum Gasteiger partial charge on any atom is 0.235 e. The Morgan fingerprint density at radius 3 is 2.50 bits per heavy atom. The first-order valence-electron chi connectivity index (χ1n) is 8.36. The fourth-order valence-electron chi connectivity index (χ4n) is 3.16. The van der Waals surface area contributed by atoms with Crippen LogP contribution in [0.15, 0.2) is 48.5 Å². The van der Waals surface area contributed by atoms with Gasteiger partial charge in [0.15, 0.2) is 0 Å². The average molecular weight is 367 g/mol. The molecule has 1 N–H and O–H groups in total. The third kappa shape index (κ3) is 3.01. The molecule has 0 spiro atoms. The molecule has 6 heteroatoms. The third-order valence-electron chi connectivity index (χ3n) is 4.46. The zero-order valence-electron chi connectivity index (χ0n) is 14.5. The molecule has 0 aliphatic carbocycles. The lowest BCUT2D eigenvalue weighted by Crippen LogP contribution is -2.15. The number of thioether (sulfide) groups is 1. The molecule has 4 rings (SSSR count). The van der Waals surface area contributed by atoms with E-state index < -0.39 is 0 Å². The molecule has 132 valence electrons. The molecule has 1 atom stereocenters. The number of carbonyl (C=O) groups is 1. The Balaban J connectivity index is 1.87. The minimum atomic E-state index is -0.270. The fraction of sp³-hybridized carbons (Fsp3) is 0.200. The van der Waals surface area contributed by atoms with Crippen LogP contribution in [-0.2, 0) is 4.79 Å². The molecule has 0 saturated carbocycles. The number of fused-ring (bicyclic) bond motifs is 1. The molecular weight excluding hydrogens is 349 g/mol. The first-order chi connectivity index (χ1) is 12.5. The van der Waals surface area contributed by atoms with Crippen LogP contribution in [0, 0.1) is 19.7 Å². The minimum Gasteiger partial charge on any atom is -0.310 e. The number of nitrogens with one attached hydrogen (secondary N) is 1. The van der Waals surface area contributed by atoms with E-state index in [1.807, 2.05) is 38.1 Å². The number of hydrogen-bond donors (Lipinski definition) is 1. The van der Waals surface area contributed by atoms with Gasteiger partial charge < -0.3 is 5.32 Å². The van der Waals surface area contributed by atoms with E-state index in [-0.39, 0.29) is 17.0 Å². The zero-order chi connectivity index (χ0) is 18.3. The number of rotatable bonds is 2. The second-order valence-electron chi connectivity index (χ2n) is 6.39. The molecule has 1 amide bonds. The number of nitrogens with zero attached hydrogens (tertiary/aromatic N) is 2. The predicted molar refractivity (Wildman–Crippen MR) is 102 cm³/mol. The zero-order valence-corrected chi connectivity index (χ0v) is 15.3. The van der Waals surface area contributed by atoms with Gasteiger partial charge in [-0.25, -0.2) is 9.07 Å². The van der Waals surface area contributed by atoms with Crippen molar-refractivity contribution in [3.63, 3.8) is 0 Å². The van der Waals surface area contributed by atoms with Gasteiger partial charge in [-0.3, -0.25) is 4.79 Å². The highest BCUT2D eigenvalue weighted by Gasteiger charge is 2.30. The molecule has 0 bridgehead atoms. The molecule has 3 aromatic rings. The smallest absolute Gasteiger partial charge is 0.235 e. The first kappa shape index (κ1) is 16.8. The summed E-state index contributed by atoms with van der Waals surface area (Å²) in [6.07, 6.45) is 0. The Hall–Kier alpha value is -2.60. The highest BCUT2D eigenvalue weighted by Crippen LogP contribution is 2.43. The summed E-state index contributed by atoms with van der Waals surface area (Å²) in [5.41, 5.74) is 4.83. The summed E-state index contributed by atoms with van der Waals surface area (Å²) in [4.78, 5) is 12.3. The van der Waals surface area contributed by atoms with Gasteiger partial charge in [0.25, 0.3) is 0 Å². The highest BCUT2D eigenvalue weighted by molar-refractivity contribution is 8.00. The number of aromatic nitrogens is 2. The standard InChI is InChI=1S/C20H18FN3OS/c1-12-3-9-16(10-4-12)24-20-18(13(2)23-24)19(26-11-17(25)22-20)14-5-7-15(21)8-6-14/h3-10,19H,11H2,1-2H3,(H,22,25).